The van der Waals surface area contributed by atoms with Crippen LogP contribution in [0.15, 0.2) is 17.5 Å². The van der Waals surface area contributed by atoms with Crippen molar-refractivity contribution in [2.75, 3.05) is 11.4 Å². The Balaban J connectivity index is 2.24. The largest absolute Gasteiger partial charge is 0.336 e. The number of thiophene rings is 1. The van der Waals surface area contributed by atoms with Gasteiger partial charge in [-0.25, -0.2) is 5.10 Å². The van der Waals surface area contributed by atoms with E-state index in [2.05, 4.69) is 51.0 Å². The lowest BCUT2D eigenvalue weighted by Crippen LogP contribution is -2.25. The van der Waals surface area contributed by atoms with Crippen LogP contribution in [0.2, 0.25) is 0 Å². The van der Waals surface area contributed by atoms with Crippen LogP contribution in [0.1, 0.15) is 25.1 Å². The van der Waals surface area contributed by atoms with Gasteiger partial charge in [-0.15, -0.1) is 16.4 Å². The van der Waals surface area contributed by atoms with Crippen molar-refractivity contribution in [3.8, 4) is 0 Å². The molecule has 0 saturated heterocycles. The molecular formula is C12H18N4S2. The topological polar surface area (TPSA) is 36.9 Å². The summed E-state index contributed by atoms with van der Waals surface area (Å²) in [6.45, 7) is 7.00. The van der Waals surface area contributed by atoms with E-state index < -0.39 is 0 Å². The molecule has 0 unspecified atom stereocenters. The van der Waals surface area contributed by atoms with E-state index in [9.17, 15) is 0 Å². The van der Waals surface area contributed by atoms with Gasteiger partial charge in [0.15, 0.2) is 4.77 Å². The fourth-order valence-electron chi connectivity index (χ4n) is 1.89. The molecule has 0 saturated carbocycles. The van der Waals surface area contributed by atoms with E-state index in [0.29, 0.717) is 4.77 Å². The summed E-state index contributed by atoms with van der Waals surface area (Å²) >= 11 is 7.05. The van der Waals surface area contributed by atoms with Crippen LogP contribution in [0.3, 0.4) is 0 Å². The van der Waals surface area contributed by atoms with E-state index in [1.807, 2.05) is 0 Å². The number of rotatable bonds is 6. The maximum atomic E-state index is 5.27. The molecule has 0 aliphatic heterocycles. The highest BCUT2D eigenvalue weighted by Gasteiger charge is 2.13. The van der Waals surface area contributed by atoms with Gasteiger partial charge in [0, 0.05) is 18.0 Å². The van der Waals surface area contributed by atoms with E-state index in [-0.39, 0.29) is 0 Å². The van der Waals surface area contributed by atoms with E-state index >= 15 is 0 Å². The number of anilines is 1. The van der Waals surface area contributed by atoms with Gasteiger partial charge >= 0.3 is 0 Å². The molecule has 0 radical (unpaired) electrons. The number of hydrogen-bond donors (Lipinski definition) is 1. The predicted molar refractivity (Wildman–Crippen MR) is 78.7 cm³/mol. The molecule has 2 heterocycles. The molecule has 2 aromatic heterocycles. The quantitative estimate of drug-likeness (QED) is 0.825. The number of nitrogens with one attached hydrogen (secondary N) is 1. The Morgan fingerprint density at radius 2 is 2.33 bits per heavy atom. The highest BCUT2D eigenvalue weighted by Crippen LogP contribution is 2.18. The van der Waals surface area contributed by atoms with Crippen LogP contribution in [0.5, 0.6) is 0 Å². The van der Waals surface area contributed by atoms with Crippen LogP contribution >= 0.6 is 23.6 Å². The number of hydrogen-bond acceptors (Lipinski definition) is 4. The van der Waals surface area contributed by atoms with Gasteiger partial charge in [0.2, 0.25) is 5.95 Å². The molecule has 0 amide bonds. The third-order valence-electron chi connectivity index (χ3n) is 2.78. The zero-order chi connectivity index (χ0) is 13.0. The second-order valence-electron chi connectivity index (χ2n) is 4.07. The van der Waals surface area contributed by atoms with Crippen molar-refractivity contribution >= 4 is 29.5 Å². The number of H-pyrrole nitrogens is 1. The maximum absolute atomic E-state index is 5.27. The monoisotopic (exact) mass is 282 g/mol. The van der Waals surface area contributed by atoms with Crippen molar-refractivity contribution in [2.24, 2.45) is 0 Å². The van der Waals surface area contributed by atoms with Crippen molar-refractivity contribution < 1.29 is 0 Å². The standard InChI is InChI=1S/C12H18N4S2/c1-3-7-16-11(13-14-12(16)17)15(4-2)9-10-6-5-8-18-10/h5-6,8H,3-4,7,9H2,1-2H3,(H,14,17). The van der Waals surface area contributed by atoms with E-state index in [0.717, 1.165) is 32.0 Å². The van der Waals surface area contributed by atoms with Gasteiger partial charge in [-0.05, 0) is 37.0 Å². The minimum Gasteiger partial charge on any atom is -0.336 e. The molecule has 1 N–H and O–H groups in total. The third-order valence-corrected chi connectivity index (χ3v) is 3.95. The van der Waals surface area contributed by atoms with Crippen molar-refractivity contribution in [1.82, 2.24) is 14.8 Å². The second kappa shape index (κ2) is 6.15. The molecule has 98 valence electrons. The first-order chi connectivity index (χ1) is 8.76. The number of aromatic amines is 1. The van der Waals surface area contributed by atoms with E-state index in [1.54, 1.807) is 11.3 Å². The molecule has 2 aromatic rings. The zero-order valence-corrected chi connectivity index (χ0v) is 12.4. The van der Waals surface area contributed by atoms with Crippen LogP contribution in [-0.2, 0) is 13.1 Å². The summed E-state index contributed by atoms with van der Waals surface area (Å²) in [7, 11) is 0. The summed E-state index contributed by atoms with van der Waals surface area (Å²) in [5.41, 5.74) is 0. The Bertz CT molecular complexity index is 527. The lowest BCUT2D eigenvalue weighted by Gasteiger charge is -2.21. The first kappa shape index (κ1) is 13.3. The molecule has 0 aromatic carbocycles. The van der Waals surface area contributed by atoms with Crippen LogP contribution in [0, 0.1) is 4.77 Å². The van der Waals surface area contributed by atoms with E-state index in [1.165, 1.54) is 4.88 Å². The van der Waals surface area contributed by atoms with Gasteiger partial charge in [0.1, 0.15) is 0 Å². The van der Waals surface area contributed by atoms with Gasteiger partial charge in [0.05, 0.1) is 6.54 Å². The minimum absolute atomic E-state index is 0.705. The molecule has 0 bridgehead atoms. The maximum Gasteiger partial charge on any atom is 0.226 e. The Kier molecular flexibility index (Phi) is 4.54. The average molecular weight is 282 g/mol. The van der Waals surface area contributed by atoms with Crippen molar-refractivity contribution in [3.63, 3.8) is 0 Å². The average Bonchev–Trinajstić information content (AvgIpc) is 2.99. The predicted octanol–water partition coefficient (Wildman–Crippen LogP) is 3.44. The SMILES string of the molecule is CCCn1c(N(CC)Cc2cccs2)n[nH]c1=S. The third kappa shape index (κ3) is 2.81. The summed E-state index contributed by atoms with van der Waals surface area (Å²) in [6, 6.07) is 4.23. The summed E-state index contributed by atoms with van der Waals surface area (Å²) < 4.78 is 2.78. The number of nitrogens with zero attached hydrogens (tertiary/aromatic N) is 3. The summed E-state index contributed by atoms with van der Waals surface area (Å²) in [4.78, 5) is 3.59. The van der Waals surface area contributed by atoms with Gasteiger partial charge in [-0.2, -0.15) is 0 Å². The molecule has 0 fully saturated rings. The van der Waals surface area contributed by atoms with Crippen LogP contribution in [0.4, 0.5) is 5.95 Å². The fourth-order valence-corrected chi connectivity index (χ4v) is 2.83. The minimum atomic E-state index is 0.705. The van der Waals surface area contributed by atoms with Crippen molar-refractivity contribution in [2.45, 2.75) is 33.4 Å². The van der Waals surface area contributed by atoms with Crippen molar-refractivity contribution in [1.29, 1.82) is 0 Å². The summed E-state index contributed by atoms with van der Waals surface area (Å²) in [6.07, 6.45) is 1.05. The van der Waals surface area contributed by atoms with Gasteiger partial charge in [-0.3, -0.25) is 4.57 Å². The molecule has 2 rings (SSSR count). The first-order valence-corrected chi connectivity index (χ1v) is 7.47. The molecule has 0 aliphatic carbocycles. The Morgan fingerprint density at radius 3 is 2.94 bits per heavy atom. The molecule has 4 nitrogen and oxygen atoms in total. The Morgan fingerprint density at radius 1 is 1.50 bits per heavy atom. The normalized spacial score (nSPS) is 10.8. The molecule has 18 heavy (non-hydrogen) atoms. The van der Waals surface area contributed by atoms with Gasteiger partial charge in [-0.1, -0.05) is 13.0 Å². The van der Waals surface area contributed by atoms with Crippen molar-refractivity contribution in [3.05, 3.63) is 27.2 Å². The molecule has 6 heteroatoms. The molecule has 0 atom stereocenters. The zero-order valence-electron chi connectivity index (χ0n) is 10.7. The second-order valence-corrected chi connectivity index (χ2v) is 5.49. The van der Waals surface area contributed by atoms with Gasteiger partial charge in [0.25, 0.3) is 0 Å². The highest BCUT2D eigenvalue weighted by molar-refractivity contribution is 7.71. The van der Waals surface area contributed by atoms with E-state index in [4.69, 9.17) is 12.2 Å². The van der Waals surface area contributed by atoms with Crippen LogP contribution < -0.4 is 4.90 Å². The van der Waals surface area contributed by atoms with Crippen LogP contribution in [-0.4, -0.2) is 21.3 Å². The Hall–Kier alpha value is -1.14. The summed E-state index contributed by atoms with van der Waals surface area (Å²) in [5.74, 6) is 0.942. The highest BCUT2D eigenvalue weighted by atomic mass is 32.1. The van der Waals surface area contributed by atoms with Crippen LogP contribution in [0.25, 0.3) is 0 Å². The first-order valence-electron chi connectivity index (χ1n) is 6.18. The lowest BCUT2D eigenvalue weighted by molar-refractivity contribution is 0.645. The van der Waals surface area contributed by atoms with Gasteiger partial charge < -0.3 is 4.90 Å². The summed E-state index contributed by atoms with van der Waals surface area (Å²) in [5, 5.41) is 9.36. The lowest BCUT2D eigenvalue weighted by atomic mass is 10.4. The molecule has 0 spiro atoms. The fraction of sp³-hybridized carbons (Fsp3) is 0.500. The Labute approximate surface area is 116 Å². The number of aromatic nitrogens is 3. The molecular weight excluding hydrogens is 264 g/mol. The smallest absolute Gasteiger partial charge is 0.226 e. The molecule has 0 aliphatic rings.